The van der Waals surface area contributed by atoms with Gasteiger partial charge in [0.15, 0.2) is 5.82 Å². The van der Waals surface area contributed by atoms with E-state index in [1.54, 1.807) is 6.20 Å². The molecule has 1 saturated heterocycles. The van der Waals surface area contributed by atoms with Gasteiger partial charge in [-0.15, -0.1) is 0 Å². The molecule has 0 saturated carbocycles. The van der Waals surface area contributed by atoms with Crippen molar-refractivity contribution in [2.75, 3.05) is 33.7 Å². The number of carbonyl (C=O) groups excluding carboxylic acids is 1. The molecule has 0 aromatic carbocycles. The third kappa shape index (κ3) is 3.46. The first-order valence-corrected chi connectivity index (χ1v) is 8.20. The first-order valence-electron chi connectivity index (χ1n) is 8.20. The Bertz CT molecular complexity index is 738. The van der Waals surface area contributed by atoms with E-state index in [4.69, 9.17) is 4.98 Å². The van der Waals surface area contributed by atoms with E-state index < -0.39 is 0 Å². The quantitative estimate of drug-likeness (QED) is 0.840. The monoisotopic (exact) mass is 328 g/mol. The fraction of sp³-hybridized carbons (Fsp3) is 0.529. The number of aromatic nitrogens is 4. The van der Waals surface area contributed by atoms with Crippen molar-refractivity contribution in [2.24, 2.45) is 7.05 Å². The molecule has 0 unspecified atom stereocenters. The topological polar surface area (TPSA) is 67.2 Å². The van der Waals surface area contributed by atoms with Gasteiger partial charge in [-0.25, -0.2) is 15.0 Å². The fourth-order valence-electron chi connectivity index (χ4n) is 3.07. The molecule has 0 spiro atoms. The van der Waals surface area contributed by atoms with Gasteiger partial charge in [0.25, 0.3) is 0 Å². The molecule has 3 rings (SSSR count). The second-order valence-corrected chi connectivity index (χ2v) is 6.68. The molecule has 7 heteroatoms. The van der Waals surface area contributed by atoms with Crippen LogP contribution in [0, 0.1) is 6.92 Å². The van der Waals surface area contributed by atoms with E-state index >= 15 is 0 Å². The number of likely N-dealkylation sites (tertiary alicyclic amines) is 1. The van der Waals surface area contributed by atoms with Crippen LogP contribution in [0.4, 0.5) is 0 Å². The number of imidazole rings is 1. The van der Waals surface area contributed by atoms with Crippen molar-refractivity contribution in [1.82, 2.24) is 29.3 Å². The average molecular weight is 328 g/mol. The van der Waals surface area contributed by atoms with E-state index in [0.29, 0.717) is 13.1 Å². The molecule has 3 heterocycles. The van der Waals surface area contributed by atoms with Crippen molar-refractivity contribution in [1.29, 1.82) is 0 Å². The molecule has 0 aliphatic carbocycles. The summed E-state index contributed by atoms with van der Waals surface area (Å²) in [7, 11) is 5.78. The number of amides is 1. The fourth-order valence-corrected chi connectivity index (χ4v) is 3.07. The third-order valence-electron chi connectivity index (χ3n) is 4.28. The molecule has 2 aromatic rings. The van der Waals surface area contributed by atoms with Gasteiger partial charge in [-0.2, -0.15) is 0 Å². The molecule has 1 fully saturated rings. The predicted molar refractivity (Wildman–Crippen MR) is 91.5 cm³/mol. The van der Waals surface area contributed by atoms with Gasteiger partial charge in [0.2, 0.25) is 5.91 Å². The van der Waals surface area contributed by atoms with E-state index in [1.807, 2.05) is 54.7 Å². The maximum Gasteiger partial charge on any atom is 0.236 e. The molecule has 2 aromatic heterocycles. The highest BCUT2D eigenvalue weighted by Crippen LogP contribution is 2.26. The molecule has 1 atom stereocenters. The molecular weight excluding hydrogens is 304 g/mol. The second-order valence-electron chi connectivity index (χ2n) is 6.68. The Hall–Kier alpha value is -2.28. The Balaban J connectivity index is 1.80. The van der Waals surface area contributed by atoms with Crippen LogP contribution in [0.25, 0.3) is 11.5 Å². The summed E-state index contributed by atoms with van der Waals surface area (Å²) in [5.74, 6) is 2.00. The average Bonchev–Trinajstić information content (AvgIpc) is 3.14. The smallest absolute Gasteiger partial charge is 0.236 e. The van der Waals surface area contributed by atoms with Gasteiger partial charge in [-0.05, 0) is 33.5 Å². The zero-order valence-corrected chi connectivity index (χ0v) is 14.7. The zero-order chi connectivity index (χ0) is 17.3. The van der Waals surface area contributed by atoms with Crippen LogP contribution >= 0.6 is 0 Å². The van der Waals surface area contributed by atoms with Gasteiger partial charge >= 0.3 is 0 Å². The van der Waals surface area contributed by atoms with Crippen LogP contribution in [-0.4, -0.2) is 69.0 Å². The van der Waals surface area contributed by atoms with Crippen LogP contribution in [0.5, 0.6) is 0 Å². The van der Waals surface area contributed by atoms with Crippen LogP contribution in [0.3, 0.4) is 0 Å². The summed E-state index contributed by atoms with van der Waals surface area (Å²) in [5.41, 5.74) is 1.76. The number of rotatable bonds is 4. The summed E-state index contributed by atoms with van der Waals surface area (Å²) < 4.78 is 1.95. The lowest BCUT2D eigenvalue weighted by Crippen LogP contribution is -2.36. The molecule has 0 N–H and O–H groups in total. The van der Waals surface area contributed by atoms with E-state index in [-0.39, 0.29) is 11.8 Å². The van der Waals surface area contributed by atoms with Crippen LogP contribution in [-0.2, 0) is 11.8 Å². The van der Waals surface area contributed by atoms with E-state index in [1.165, 1.54) is 0 Å². The van der Waals surface area contributed by atoms with Crippen LogP contribution in [0.1, 0.15) is 23.9 Å². The molecule has 24 heavy (non-hydrogen) atoms. The lowest BCUT2D eigenvalue weighted by molar-refractivity contribution is -0.130. The third-order valence-corrected chi connectivity index (χ3v) is 4.28. The van der Waals surface area contributed by atoms with Crippen molar-refractivity contribution in [3.63, 3.8) is 0 Å². The predicted octanol–water partition coefficient (Wildman–Crippen LogP) is 1.06. The first-order chi connectivity index (χ1) is 11.4. The summed E-state index contributed by atoms with van der Waals surface area (Å²) in [6, 6.07) is 1.95. The summed E-state index contributed by atoms with van der Waals surface area (Å²) in [5, 5.41) is 0. The molecule has 0 bridgehead atoms. The van der Waals surface area contributed by atoms with Crippen molar-refractivity contribution in [3.8, 4) is 11.5 Å². The molecule has 7 nitrogen and oxygen atoms in total. The largest absolute Gasteiger partial charge is 0.341 e. The first kappa shape index (κ1) is 16.6. The number of hydrogen-bond donors (Lipinski definition) is 0. The minimum atomic E-state index is 0.166. The Morgan fingerprint density at radius 1 is 1.38 bits per heavy atom. The lowest BCUT2D eigenvalue weighted by Gasteiger charge is -2.19. The minimum Gasteiger partial charge on any atom is -0.341 e. The minimum absolute atomic E-state index is 0.166. The number of hydrogen-bond acceptors (Lipinski definition) is 5. The zero-order valence-electron chi connectivity index (χ0n) is 14.7. The van der Waals surface area contributed by atoms with Crippen molar-refractivity contribution in [2.45, 2.75) is 19.3 Å². The van der Waals surface area contributed by atoms with Gasteiger partial charge in [0, 0.05) is 44.1 Å². The normalized spacial score (nSPS) is 17.7. The van der Waals surface area contributed by atoms with Crippen LogP contribution < -0.4 is 0 Å². The summed E-state index contributed by atoms with van der Waals surface area (Å²) in [6.07, 6.45) is 4.58. The molecule has 1 aliphatic rings. The Labute approximate surface area is 142 Å². The van der Waals surface area contributed by atoms with Crippen LogP contribution in [0.15, 0.2) is 18.5 Å². The SMILES string of the molecule is Cc1cc(-c2nccn2C)nc([C@@H]2CCN(C(=O)CN(C)C)C2)n1. The van der Waals surface area contributed by atoms with E-state index in [0.717, 1.165) is 36.0 Å². The summed E-state index contributed by atoms with van der Waals surface area (Å²) in [6.45, 7) is 3.88. The van der Waals surface area contributed by atoms with Gasteiger partial charge < -0.3 is 14.4 Å². The molecular formula is C17H24N6O. The van der Waals surface area contributed by atoms with Crippen LogP contribution in [0.2, 0.25) is 0 Å². The molecule has 1 aliphatic heterocycles. The van der Waals surface area contributed by atoms with Crippen molar-refractivity contribution < 1.29 is 4.79 Å². The maximum absolute atomic E-state index is 12.2. The summed E-state index contributed by atoms with van der Waals surface area (Å²) in [4.78, 5) is 29.8. The number of aryl methyl sites for hydroxylation is 2. The Morgan fingerprint density at radius 2 is 2.17 bits per heavy atom. The van der Waals surface area contributed by atoms with Gasteiger partial charge in [0.1, 0.15) is 11.5 Å². The standard InChI is InChI=1S/C17H24N6O/c1-12-9-14(17-18-6-8-22(17)4)20-16(19-12)13-5-7-23(10-13)15(24)11-21(2)3/h6,8-9,13H,5,7,10-11H2,1-4H3/t13-/m1/s1. The lowest BCUT2D eigenvalue weighted by atomic mass is 10.1. The second kappa shape index (κ2) is 6.68. The van der Waals surface area contributed by atoms with Crippen molar-refractivity contribution >= 4 is 5.91 Å². The van der Waals surface area contributed by atoms with Gasteiger partial charge in [-0.3, -0.25) is 4.79 Å². The molecule has 0 radical (unpaired) electrons. The van der Waals surface area contributed by atoms with E-state index in [2.05, 4.69) is 9.97 Å². The van der Waals surface area contributed by atoms with Crippen molar-refractivity contribution in [3.05, 3.63) is 30.0 Å². The highest BCUT2D eigenvalue weighted by molar-refractivity contribution is 5.78. The Kier molecular flexibility index (Phi) is 4.62. The number of likely N-dealkylation sites (N-methyl/N-ethyl adjacent to an activating group) is 1. The molecule has 128 valence electrons. The summed E-state index contributed by atoms with van der Waals surface area (Å²) >= 11 is 0. The van der Waals surface area contributed by atoms with Gasteiger partial charge in [-0.1, -0.05) is 0 Å². The molecule has 1 amide bonds. The number of carbonyl (C=O) groups is 1. The number of nitrogens with zero attached hydrogens (tertiary/aromatic N) is 6. The highest BCUT2D eigenvalue weighted by atomic mass is 16.2. The van der Waals surface area contributed by atoms with E-state index in [9.17, 15) is 4.79 Å². The maximum atomic E-state index is 12.2. The van der Waals surface area contributed by atoms with Gasteiger partial charge in [0.05, 0.1) is 6.54 Å². The highest BCUT2D eigenvalue weighted by Gasteiger charge is 2.29. The Morgan fingerprint density at radius 3 is 2.83 bits per heavy atom.